The van der Waals surface area contributed by atoms with Crippen LogP contribution in [-0.4, -0.2) is 49.2 Å². The van der Waals surface area contributed by atoms with Crippen LogP contribution in [0, 0.1) is 20.8 Å². The van der Waals surface area contributed by atoms with E-state index in [1.54, 1.807) is 0 Å². The highest BCUT2D eigenvalue weighted by molar-refractivity contribution is 5.78. The molecular weight excluding hydrogens is 300 g/mol. The predicted octanol–water partition coefficient (Wildman–Crippen LogP) is 2.77. The summed E-state index contributed by atoms with van der Waals surface area (Å²) in [7, 11) is 0. The number of rotatable bonds is 6. The summed E-state index contributed by atoms with van der Waals surface area (Å²) in [6, 6.07) is 4.42. The van der Waals surface area contributed by atoms with E-state index in [4.69, 9.17) is 4.74 Å². The van der Waals surface area contributed by atoms with Crippen molar-refractivity contribution in [3.8, 4) is 0 Å². The Kier molecular flexibility index (Phi) is 6.81. The molecule has 4 heteroatoms. The molecule has 1 saturated heterocycles. The first-order valence-electron chi connectivity index (χ1n) is 9.10. The molecule has 1 aliphatic rings. The van der Waals surface area contributed by atoms with E-state index in [-0.39, 0.29) is 18.1 Å². The van der Waals surface area contributed by atoms with Crippen LogP contribution in [0.15, 0.2) is 12.1 Å². The van der Waals surface area contributed by atoms with Crippen LogP contribution in [0.3, 0.4) is 0 Å². The van der Waals surface area contributed by atoms with Gasteiger partial charge in [0.2, 0.25) is 5.91 Å². The molecule has 0 radical (unpaired) electrons. The molecule has 1 heterocycles. The minimum Gasteiger partial charge on any atom is -0.373 e. The molecule has 134 valence electrons. The van der Waals surface area contributed by atoms with Crippen molar-refractivity contribution in [2.45, 2.75) is 59.7 Å². The average molecular weight is 332 g/mol. The largest absolute Gasteiger partial charge is 0.373 e. The van der Waals surface area contributed by atoms with Crippen LogP contribution in [-0.2, 0) is 16.0 Å². The molecular formula is C20H32N2O2. The van der Waals surface area contributed by atoms with Crippen molar-refractivity contribution in [1.29, 1.82) is 0 Å². The van der Waals surface area contributed by atoms with Crippen molar-refractivity contribution >= 4 is 5.91 Å². The molecule has 2 unspecified atom stereocenters. The topological polar surface area (TPSA) is 41.6 Å². The van der Waals surface area contributed by atoms with Crippen LogP contribution >= 0.6 is 0 Å². The van der Waals surface area contributed by atoms with Crippen molar-refractivity contribution < 1.29 is 9.53 Å². The Labute approximate surface area is 146 Å². The molecule has 0 saturated carbocycles. The van der Waals surface area contributed by atoms with Gasteiger partial charge < -0.3 is 10.1 Å². The predicted molar refractivity (Wildman–Crippen MR) is 98.4 cm³/mol. The number of morpholine rings is 1. The number of hydrogen-bond donors (Lipinski definition) is 1. The first-order valence-corrected chi connectivity index (χ1v) is 9.10. The van der Waals surface area contributed by atoms with Gasteiger partial charge in [0.15, 0.2) is 0 Å². The molecule has 1 aromatic rings. The fraction of sp³-hybridized carbons (Fsp3) is 0.650. The number of carbonyl (C=O) groups excluding carboxylic acids is 1. The Morgan fingerprint density at radius 1 is 1.25 bits per heavy atom. The van der Waals surface area contributed by atoms with Crippen LogP contribution in [0.4, 0.5) is 0 Å². The Hall–Kier alpha value is -1.39. The molecule has 4 nitrogen and oxygen atoms in total. The number of nitrogens with zero attached hydrogens (tertiary/aromatic N) is 1. The minimum atomic E-state index is 0.112. The molecule has 0 aromatic heterocycles. The molecule has 1 fully saturated rings. The second-order valence-corrected chi connectivity index (χ2v) is 7.15. The quantitative estimate of drug-likeness (QED) is 0.871. The van der Waals surface area contributed by atoms with E-state index in [0.717, 1.165) is 25.9 Å². The summed E-state index contributed by atoms with van der Waals surface area (Å²) < 4.78 is 5.85. The average Bonchev–Trinajstić information content (AvgIpc) is 2.49. The van der Waals surface area contributed by atoms with Gasteiger partial charge in [-0.1, -0.05) is 24.6 Å². The van der Waals surface area contributed by atoms with Gasteiger partial charge in [-0.3, -0.25) is 9.69 Å². The monoisotopic (exact) mass is 332 g/mol. The fourth-order valence-electron chi connectivity index (χ4n) is 3.69. The van der Waals surface area contributed by atoms with Gasteiger partial charge in [0, 0.05) is 19.6 Å². The lowest BCUT2D eigenvalue weighted by Gasteiger charge is -2.36. The zero-order chi connectivity index (χ0) is 17.7. The number of hydrogen-bond acceptors (Lipinski definition) is 3. The van der Waals surface area contributed by atoms with Crippen LogP contribution in [0.25, 0.3) is 0 Å². The van der Waals surface area contributed by atoms with Crippen molar-refractivity contribution in [1.82, 2.24) is 10.2 Å². The molecule has 24 heavy (non-hydrogen) atoms. The van der Waals surface area contributed by atoms with E-state index in [1.807, 2.05) is 0 Å². The smallest absolute Gasteiger partial charge is 0.234 e. The Balaban J connectivity index is 1.79. The van der Waals surface area contributed by atoms with Gasteiger partial charge in [-0.25, -0.2) is 0 Å². The zero-order valence-electron chi connectivity index (χ0n) is 15.8. The van der Waals surface area contributed by atoms with E-state index >= 15 is 0 Å². The van der Waals surface area contributed by atoms with E-state index in [2.05, 4.69) is 57.0 Å². The standard InChI is InChI=1S/C20H32N2O2/c1-6-18-12-22(11-17(5)24-18)13-20(23)21-8-7-19-15(3)9-14(2)10-16(19)4/h9-10,17-18H,6-8,11-13H2,1-5H3,(H,21,23). The zero-order valence-corrected chi connectivity index (χ0v) is 15.8. The number of aryl methyl sites for hydroxylation is 3. The highest BCUT2D eigenvalue weighted by Gasteiger charge is 2.25. The molecule has 1 N–H and O–H groups in total. The number of amides is 1. The lowest BCUT2D eigenvalue weighted by atomic mass is 9.97. The number of nitrogens with one attached hydrogen (secondary N) is 1. The maximum absolute atomic E-state index is 12.2. The first kappa shape index (κ1) is 18.9. The van der Waals surface area contributed by atoms with E-state index in [0.29, 0.717) is 13.1 Å². The summed E-state index contributed by atoms with van der Waals surface area (Å²) >= 11 is 0. The normalized spacial score (nSPS) is 21.7. The molecule has 0 aliphatic carbocycles. The van der Waals surface area contributed by atoms with Crippen LogP contribution < -0.4 is 5.32 Å². The van der Waals surface area contributed by atoms with Gasteiger partial charge in [-0.05, 0) is 57.2 Å². The highest BCUT2D eigenvalue weighted by atomic mass is 16.5. The van der Waals surface area contributed by atoms with Crippen molar-refractivity contribution in [3.05, 3.63) is 34.4 Å². The molecule has 1 aromatic carbocycles. The Bertz CT molecular complexity index is 548. The lowest BCUT2D eigenvalue weighted by Crippen LogP contribution is -2.49. The maximum atomic E-state index is 12.2. The highest BCUT2D eigenvalue weighted by Crippen LogP contribution is 2.16. The molecule has 1 amide bonds. The van der Waals surface area contributed by atoms with E-state index in [9.17, 15) is 4.79 Å². The van der Waals surface area contributed by atoms with Gasteiger partial charge in [-0.2, -0.15) is 0 Å². The number of carbonyl (C=O) groups is 1. The van der Waals surface area contributed by atoms with Gasteiger partial charge >= 0.3 is 0 Å². The fourth-order valence-corrected chi connectivity index (χ4v) is 3.69. The van der Waals surface area contributed by atoms with E-state index in [1.165, 1.54) is 22.3 Å². The summed E-state index contributed by atoms with van der Waals surface area (Å²) in [6.07, 6.45) is 2.34. The minimum absolute atomic E-state index is 0.112. The Morgan fingerprint density at radius 3 is 2.54 bits per heavy atom. The molecule has 0 bridgehead atoms. The second-order valence-electron chi connectivity index (χ2n) is 7.15. The first-order chi connectivity index (χ1) is 11.4. The molecule has 0 spiro atoms. The maximum Gasteiger partial charge on any atom is 0.234 e. The van der Waals surface area contributed by atoms with Gasteiger partial charge in [0.25, 0.3) is 0 Å². The van der Waals surface area contributed by atoms with Crippen LogP contribution in [0.5, 0.6) is 0 Å². The van der Waals surface area contributed by atoms with Crippen molar-refractivity contribution in [2.24, 2.45) is 0 Å². The molecule has 1 aliphatic heterocycles. The summed E-state index contributed by atoms with van der Waals surface area (Å²) in [4.78, 5) is 14.4. The summed E-state index contributed by atoms with van der Waals surface area (Å²) in [5, 5.41) is 3.07. The SMILES string of the molecule is CCC1CN(CC(=O)NCCc2c(C)cc(C)cc2C)CC(C)O1. The molecule has 2 atom stereocenters. The van der Waals surface area contributed by atoms with Crippen molar-refractivity contribution in [2.75, 3.05) is 26.2 Å². The third kappa shape index (κ3) is 5.32. The van der Waals surface area contributed by atoms with Crippen molar-refractivity contribution in [3.63, 3.8) is 0 Å². The third-order valence-corrected chi connectivity index (χ3v) is 4.76. The van der Waals surface area contributed by atoms with Crippen LogP contribution in [0.1, 0.15) is 42.5 Å². The van der Waals surface area contributed by atoms with Gasteiger partial charge in [0.05, 0.1) is 18.8 Å². The second kappa shape index (κ2) is 8.63. The summed E-state index contributed by atoms with van der Waals surface area (Å²) in [5.41, 5.74) is 5.28. The van der Waals surface area contributed by atoms with Crippen LogP contribution in [0.2, 0.25) is 0 Å². The van der Waals surface area contributed by atoms with Gasteiger partial charge in [0.1, 0.15) is 0 Å². The third-order valence-electron chi connectivity index (χ3n) is 4.76. The summed E-state index contributed by atoms with van der Waals surface area (Å²) in [6.45, 7) is 13.5. The van der Waals surface area contributed by atoms with Gasteiger partial charge in [-0.15, -0.1) is 0 Å². The number of ether oxygens (including phenoxy) is 1. The summed E-state index contributed by atoms with van der Waals surface area (Å²) in [5.74, 6) is 0.112. The molecule has 2 rings (SSSR count). The number of benzene rings is 1. The van der Waals surface area contributed by atoms with E-state index < -0.39 is 0 Å². The lowest BCUT2D eigenvalue weighted by molar-refractivity contribution is -0.126. The Morgan fingerprint density at radius 2 is 1.92 bits per heavy atom.